The van der Waals surface area contributed by atoms with Crippen molar-refractivity contribution in [2.24, 2.45) is 15.6 Å². The Kier molecular flexibility index (Phi) is 6.24. The first kappa shape index (κ1) is 15.3. The number of allylic oxidation sites excluding steroid dienone is 7. The van der Waals surface area contributed by atoms with Crippen LogP contribution in [0.1, 0.15) is 12.0 Å². The molecule has 0 fully saturated rings. The number of benzene rings is 1. The summed E-state index contributed by atoms with van der Waals surface area (Å²) < 4.78 is 0. The third-order valence-electron chi connectivity index (χ3n) is 2.64. The Morgan fingerprint density at radius 2 is 1.77 bits per heavy atom. The lowest BCUT2D eigenvalue weighted by Gasteiger charge is -2.00. The van der Waals surface area contributed by atoms with Gasteiger partial charge in [-0.25, -0.2) is 0 Å². The summed E-state index contributed by atoms with van der Waals surface area (Å²) in [4.78, 5) is 16.9. The molecule has 0 bridgehead atoms. The van der Waals surface area contributed by atoms with Crippen LogP contribution in [0.5, 0.6) is 5.75 Å². The summed E-state index contributed by atoms with van der Waals surface area (Å²) in [6, 6.07) is 7.34. The van der Waals surface area contributed by atoms with Crippen LogP contribution in [0.2, 0.25) is 0 Å². The molecule has 1 aromatic rings. The number of rotatable bonds is 0. The number of ketones is 1. The maximum Gasteiger partial charge on any atom is 0.167 e. The minimum Gasteiger partial charge on any atom is -0.337 e. The predicted molar refractivity (Wildman–Crippen MR) is 86.5 cm³/mol. The Hall–Kier alpha value is -3.08. The van der Waals surface area contributed by atoms with Gasteiger partial charge in [-0.15, -0.1) is 5.10 Å². The third-order valence-corrected chi connectivity index (χ3v) is 2.64. The lowest BCUT2D eigenvalue weighted by atomic mass is 10.1. The van der Waals surface area contributed by atoms with Crippen LogP contribution in [0, 0.1) is 0 Å². The highest BCUT2D eigenvalue weighted by molar-refractivity contribution is 5.91. The van der Waals surface area contributed by atoms with Crippen LogP contribution in [0.4, 0.5) is 0 Å². The lowest BCUT2D eigenvalue weighted by molar-refractivity contribution is -0.113. The number of nitrogens with zero attached hydrogens (tertiary/aromatic N) is 3. The molecular formula is C17H15N3O2. The Bertz CT molecular complexity index is 683. The molecule has 1 aromatic carbocycles. The van der Waals surface area contributed by atoms with Gasteiger partial charge in [-0.05, 0) is 23.4 Å². The first-order chi connectivity index (χ1) is 10.9. The minimum atomic E-state index is 0.0221. The van der Waals surface area contributed by atoms with Crippen molar-refractivity contribution in [1.29, 1.82) is 0 Å². The van der Waals surface area contributed by atoms with Gasteiger partial charge >= 0.3 is 0 Å². The average Bonchev–Trinajstić information content (AvgIpc) is 2.53. The van der Waals surface area contributed by atoms with E-state index in [9.17, 15) is 4.79 Å². The van der Waals surface area contributed by atoms with Crippen molar-refractivity contribution in [2.45, 2.75) is 6.42 Å². The van der Waals surface area contributed by atoms with Crippen molar-refractivity contribution in [3.63, 3.8) is 0 Å². The van der Waals surface area contributed by atoms with Gasteiger partial charge < -0.3 is 4.84 Å². The molecule has 0 radical (unpaired) electrons. The topological polar surface area (TPSA) is 63.4 Å². The monoisotopic (exact) mass is 293 g/mol. The van der Waals surface area contributed by atoms with E-state index in [-0.39, 0.29) is 5.78 Å². The molecule has 0 unspecified atom stereocenters. The first-order valence-electron chi connectivity index (χ1n) is 6.75. The summed E-state index contributed by atoms with van der Waals surface area (Å²) in [5.41, 5.74) is 0.811. The number of hydrogen-bond donors (Lipinski definition) is 0. The highest BCUT2D eigenvalue weighted by Crippen LogP contribution is 2.20. The van der Waals surface area contributed by atoms with E-state index in [1.54, 1.807) is 42.5 Å². The van der Waals surface area contributed by atoms with Crippen LogP contribution in [0.3, 0.4) is 0 Å². The molecule has 1 heterocycles. The predicted octanol–water partition coefficient (Wildman–Crippen LogP) is 4.07. The summed E-state index contributed by atoms with van der Waals surface area (Å²) in [5.74, 6) is 0.566. The number of carbonyl (C=O) groups excluding carboxylic acids is 1. The SMILES string of the molecule is O=C1C=CC=CC=CC=NN=NOc2ccccc2C=CC1. The zero-order valence-electron chi connectivity index (χ0n) is 11.9. The maximum atomic E-state index is 11.7. The van der Waals surface area contributed by atoms with E-state index < -0.39 is 0 Å². The summed E-state index contributed by atoms with van der Waals surface area (Å²) >= 11 is 0. The van der Waals surface area contributed by atoms with E-state index in [0.29, 0.717) is 12.2 Å². The van der Waals surface area contributed by atoms with E-state index in [2.05, 4.69) is 15.6 Å². The van der Waals surface area contributed by atoms with Crippen LogP contribution in [-0.2, 0) is 4.79 Å². The van der Waals surface area contributed by atoms with Gasteiger partial charge in [0.15, 0.2) is 11.5 Å². The molecule has 0 aliphatic carbocycles. The molecule has 0 N–H and O–H groups in total. The summed E-state index contributed by atoms with van der Waals surface area (Å²) in [6.45, 7) is 0. The highest BCUT2D eigenvalue weighted by atomic mass is 16.6. The Morgan fingerprint density at radius 1 is 0.955 bits per heavy atom. The molecular weight excluding hydrogens is 278 g/mol. The van der Waals surface area contributed by atoms with Crippen molar-refractivity contribution in [3.05, 3.63) is 72.4 Å². The molecule has 0 aromatic heterocycles. The average molecular weight is 293 g/mol. The molecule has 1 aliphatic rings. The normalized spacial score (nSPS) is 15.4. The quantitative estimate of drug-likeness (QED) is 0.723. The van der Waals surface area contributed by atoms with Gasteiger partial charge in [-0.3, -0.25) is 4.79 Å². The van der Waals surface area contributed by atoms with Gasteiger partial charge in [0.25, 0.3) is 0 Å². The second-order valence-corrected chi connectivity index (χ2v) is 4.27. The summed E-state index contributed by atoms with van der Waals surface area (Å²) in [6.07, 6.45) is 15.6. The van der Waals surface area contributed by atoms with Crippen molar-refractivity contribution in [1.82, 2.24) is 0 Å². The van der Waals surface area contributed by atoms with E-state index in [4.69, 9.17) is 4.84 Å². The molecule has 0 saturated heterocycles. The van der Waals surface area contributed by atoms with Gasteiger partial charge in [-0.1, -0.05) is 54.7 Å². The molecule has 0 spiro atoms. The number of hydrogen-bond acceptors (Lipinski definition) is 5. The van der Waals surface area contributed by atoms with E-state index in [0.717, 1.165) is 5.56 Å². The van der Waals surface area contributed by atoms with Gasteiger partial charge in [-0.2, -0.15) is 0 Å². The molecule has 2 rings (SSSR count). The fraction of sp³-hybridized carbons (Fsp3) is 0.0588. The van der Waals surface area contributed by atoms with E-state index in [1.165, 1.54) is 12.3 Å². The number of para-hydroxylation sites is 1. The van der Waals surface area contributed by atoms with E-state index in [1.807, 2.05) is 24.3 Å². The van der Waals surface area contributed by atoms with Gasteiger partial charge in [0.05, 0.1) is 11.5 Å². The minimum absolute atomic E-state index is 0.0221. The zero-order chi connectivity index (χ0) is 15.5. The van der Waals surface area contributed by atoms with Crippen LogP contribution < -0.4 is 4.84 Å². The smallest absolute Gasteiger partial charge is 0.167 e. The molecule has 0 atom stereocenters. The van der Waals surface area contributed by atoms with Crippen molar-refractivity contribution in [2.75, 3.05) is 0 Å². The standard InChI is InChI=1S/C17H15N3O2/c21-16-11-4-2-1-3-7-14-18-19-20-22-17-13-6-5-9-15(17)10-8-12-16/h1-11,13-14H,12H2. The molecule has 5 nitrogen and oxygen atoms in total. The highest BCUT2D eigenvalue weighted by Gasteiger charge is 1.99. The van der Waals surface area contributed by atoms with Crippen LogP contribution in [0.15, 0.2) is 82.4 Å². The second-order valence-electron chi connectivity index (χ2n) is 4.27. The van der Waals surface area contributed by atoms with Gasteiger partial charge in [0.1, 0.15) is 0 Å². The van der Waals surface area contributed by atoms with E-state index >= 15 is 0 Å². The van der Waals surface area contributed by atoms with Crippen LogP contribution >= 0.6 is 0 Å². The van der Waals surface area contributed by atoms with Gasteiger partial charge in [0, 0.05) is 12.0 Å². The lowest BCUT2D eigenvalue weighted by Crippen LogP contribution is -1.89. The largest absolute Gasteiger partial charge is 0.337 e. The Labute approximate surface area is 128 Å². The summed E-state index contributed by atoms with van der Waals surface area (Å²) in [5, 5.41) is 10.8. The van der Waals surface area contributed by atoms with Gasteiger partial charge in [0.2, 0.25) is 0 Å². The van der Waals surface area contributed by atoms with Crippen molar-refractivity contribution >= 4 is 18.1 Å². The van der Waals surface area contributed by atoms with Crippen molar-refractivity contribution < 1.29 is 9.63 Å². The maximum absolute atomic E-state index is 11.7. The summed E-state index contributed by atoms with van der Waals surface area (Å²) in [7, 11) is 0. The molecule has 22 heavy (non-hydrogen) atoms. The fourth-order valence-corrected chi connectivity index (χ4v) is 1.63. The molecule has 5 heteroatoms. The van der Waals surface area contributed by atoms with Crippen LogP contribution in [-0.4, -0.2) is 12.0 Å². The first-order valence-corrected chi connectivity index (χ1v) is 6.75. The third kappa shape index (κ3) is 5.50. The molecule has 0 saturated carbocycles. The van der Waals surface area contributed by atoms with Crippen LogP contribution in [0.25, 0.3) is 6.08 Å². The fourth-order valence-electron chi connectivity index (χ4n) is 1.63. The molecule has 0 amide bonds. The molecule has 1 aliphatic heterocycles. The second kappa shape index (κ2) is 8.97. The number of fused-ring (bicyclic) bond motifs is 1. The number of carbonyl (C=O) groups is 1. The molecule has 110 valence electrons. The Morgan fingerprint density at radius 3 is 2.73 bits per heavy atom. The Balaban J connectivity index is 2.21. The van der Waals surface area contributed by atoms with Crippen molar-refractivity contribution in [3.8, 4) is 5.75 Å². The zero-order valence-corrected chi connectivity index (χ0v) is 11.9.